The molecule has 0 aliphatic carbocycles. The van der Waals surface area contributed by atoms with Crippen molar-refractivity contribution in [3.05, 3.63) is 0 Å². The Bertz CT molecular complexity index is 137. The predicted octanol–water partition coefficient (Wildman–Crippen LogP) is 1.23. The maximum atomic E-state index is 3.55. The molecule has 0 aromatic heterocycles. The average Bonchev–Trinajstić information content (AvgIpc) is 2.29. The van der Waals surface area contributed by atoms with Crippen molar-refractivity contribution in [2.45, 2.75) is 33.2 Å². The summed E-state index contributed by atoms with van der Waals surface area (Å²) in [6, 6.07) is 0. The van der Waals surface area contributed by atoms with Crippen molar-refractivity contribution in [3.8, 4) is 0 Å². The highest BCUT2D eigenvalue weighted by atomic mass is 15.0. The summed E-state index contributed by atoms with van der Waals surface area (Å²) in [5.74, 6) is 1.66. The zero-order valence-corrected chi connectivity index (χ0v) is 8.78. The maximum Gasteiger partial charge on any atom is 0.00966 e. The van der Waals surface area contributed by atoms with Gasteiger partial charge in [-0.05, 0) is 52.2 Å². The summed E-state index contributed by atoms with van der Waals surface area (Å²) in [5.41, 5.74) is 0.266. The van der Waals surface area contributed by atoms with Gasteiger partial charge in [0.2, 0.25) is 0 Å². The molecule has 0 saturated carbocycles. The van der Waals surface area contributed by atoms with E-state index in [0.29, 0.717) is 0 Å². The van der Waals surface area contributed by atoms with E-state index in [2.05, 4.69) is 38.3 Å². The minimum atomic E-state index is 0.266. The fourth-order valence-corrected chi connectivity index (χ4v) is 1.57. The van der Waals surface area contributed by atoms with Crippen LogP contribution in [0.4, 0.5) is 0 Å². The van der Waals surface area contributed by atoms with Crippen molar-refractivity contribution in [2.24, 2.45) is 11.8 Å². The molecule has 1 rings (SSSR count). The van der Waals surface area contributed by atoms with Crippen LogP contribution in [0.1, 0.15) is 27.7 Å². The zero-order valence-electron chi connectivity index (χ0n) is 8.78. The standard InChI is InChI=1S/C10H22N2/c1-8-5-11-6-9(8)7-12-10(2,3)4/h8-9,11-12H,5-7H2,1-4H3/t8-,9+/m1/s1. The van der Waals surface area contributed by atoms with Crippen LogP contribution in [0.5, 0.6) is 0 Å². The van der Waals surface area contributed by atoms with Crippen LogP contribution in [0.25, 0.3) is 0 Å². The number of hydrogen-bond acceptors (Lipinski definition) is 2. The second kappa shape index (κ2) is 3.75. The highest BCUT2D eigenvalue weighted by Crippen LogP contribution is 2.15. The van der Waals surface area contributed by atoms with Gasteiger partial charge in [-0.1, -0.05) is 6.92 Å². The molecule has 1 aliphatic heterocycles. The normalized spacial score (nSPS) is 31.0. The van der Waals surface area contributed by atoms with Crippen LogP contribution in [0.3, 0.4) is 0 Å². The molecule has 2 N–H and O–H groups in total. The van der Waals surface area contributed by atoms with Crippen molar-refractivity contribution in [3.63, 3.8) is 0 Å². The molecule has 1 saturated heterocycles. The van der Waals surface area contributed by atoms with E-state index in [-0.39, 0.29) is 5.54 Å². The lowest BCUT2D eigenvalue weighted by Crippen LogP contribution is -2.40. The first kappa shape index (κ1) is 10.0. The smallest absolute Gasteiger partial charge is 0.00966 e. The van der Waals surface area contributed by atoms with Gasteiger partial charge in [0, 0.05) is 5.54 Å². The summed E-state index contributed by atoms with van der Waals surface area (Å²) in [6.07, 6.45) is 0. The van der Waals surface area contributed by atoms with E-state index in [1.807, 2.05) is 0 Å². The van der Waals surface area contributed by atoms with E-state index < -0.39 is 0 Å². The van der Waals surface area contributed by atoms with E-state index in [9.17, 15) is 0 Å². The number of nitrogens with one attached hydrogen (secondary N) is 2. The lowest BCUT2D eigenvalue weighted by molar-refractivity contribution is 0.347. The van der Waals surface area contributed by atoms with Crippen LogP contribution >= 0.6 is 0 Å². The Balaban J connectivity index is 2.23. The Morgan fingerprint density at radius 1 is 1.33 bits per heavy atom. The van der Waals surface area contributed by atoms with Crippen LogP contribution in [0.2, 0.25) is 0 Å². The molecule has 0 bridgehead atoms. The van der Waals surface area contributed by atoms with Crippen molar-refractivity contribution in [1.82, 2.24) is 10.6 Å². The summed E-state index contributed by atoms with van der Waals surface area (Å²) in [4.78, 5) is 0. The highest BCUT2D eigenvalue weighted by molar-refractivity contribution is 4.82. The molecular weight excluding hydrogens is 148 g/mol. The molecule has 12 heavy (non-hydrogen) atoms. The molecule has 0 radical (unpaired) electrons. The maximum absolute atomic E-state index is 3.55. The van der Waals surface area contributed by atoms with Crippen molar-refractivity contribution < 1.29 is 0 Å². The molecular formula is C10H22N2. The van der Waals surface area contributed by atoms with Gasteiger partial charge in [-0.15, -0.1) is 0 Å². The van der Waals surface area contributed by atoms with E-state index in [1.54, 1.807) is 0 Å². The largest absolute Gasteiger partial charge is 0.316 e. The molecule has 0 spiro atoms. The SMILES string of the molecule is C[C@@H]1CNC[C@H]1CNC(C)(C)C. The van der Waals surface area contributed by atoms with Gasteiger partial charge in [-0.3, -0.25) is 0 Å². The third-order valence-corrected chi connectivity index (χ3v) is 2.57. The van der Waals surface area contributed by atoms with E-state index in [1.165, 1.54) is 13.1 Å². The molecule has 1 fully saturated rings. The Morgan fingerprint density at radius 3 is 2.42 bits per heavy atom. The van der Waals surface area contributed by atoms with Crippen molar-refractivity contribution >= 4 is 0 Å². The lowest BCUT2D eigenvalue weighted by Gasteiger charge is -2.24. The Labute approximate surface area is 76.1 Å². The van der Waals surface area contributed by atoms with Crippen LogP contribution in [0, 0.1) is 11.8 Å². The van der Waals surface area contributed by atoms with Gasteiger partial charge in [0.1, 0.15) is 0 Å². The molecule has 2 atom stereocenters. The van der Waals surface area contributed by atoms with Gasteiger partial charge in [-0.2, -0.15) is 0 Å². The van der Waals surface area contributed by atoms with Crippen molar-refractivity contribution in [1.29, 1.82) is 0 Å². The highest BCUT2D eigenvalue weighted by Gasteiger charge is 2.23. The van der Waals surface area contributed by atoms with Gasteiger partial charge in [-0.25, -0.2) is 0 Å². The lowest BCUT2D eigenvalue weighted by atomic mass is 9.97. The Kier molecular flexibility index (Phi) is 3.13. The Morgan fingerprint density at radius 2 is 2.00 bits per heavy atom. The zero-order chi connectivity index (χ0) is 9.19. The summed E-state index contributed by atoms with van der Waals surface area (Å²) in [5, 5.41) is 6.97. The molecule has 0 aromatic rings. The molecule has 0 unspecified atom stereocenters. The van der Waals surface area contributed by atoms with Gasteiger partial charge < -0.3 is 10.6 Å². The molecule has 72 valence electrons. The van der Waals surface area contributed by atoms with Crippen LogP contribution in [-0.2, 0) is 0 Å². The first-order valence-electron chi connectivity index (χ1n) is 4.95. The first-order valence-corrected chi connectivity index (χ1v) is 4.95. The molecule has 2 heteroatoms. The van der Waals surface area contributed by atoms with Gasteiger partial charge in [0.05, 0.1) is 0 Å². The van der Waals surface area contributed by atoms with Gasteiger partial charge >= 0.3 is 0 Å². The predicted molar refractivity (Wildman–Crippen MR) is 53.3 cm³/mol. The monoisotopic (exact) mass is 170 g/mol. The topological polar surface area (TPSA) is 24.1 Å². The van der Waals surface area contributed by atoms with E-state index in [0.717, 1.165) is 18.4 Å². The van der Waals surface area contributed by atoms with E-state index in [4.69, 9.17) is 0 Å². The number of hydrogen-bond donors (Lipinski definition) is 2. The summed E-state index contributed by atoms with van der Waals surface area (Å²) in [6.45, 7) is 12.5. The second-order valence-electron chi connectivity index (χ2n) is 5.03. The third kappa shape index (κ3) is 3.11. The summed E-state index contributed by atoms with van der Waals surface area (Å²) >= 11 is 0. The van der Waals surface area contributed by atoms with Crippen molar-refractivity contribution in [2.75, 3.05) is 19.6 Å². The van der Waals surface area contributed by atoms with Crippen LogP contribution in [0.15, 0.2) is 0 Å². The minimum Gasteiger partial charge on any atom is -0.316 e. The van der Waals surface area contributed by atoms with Crippen LogP contribution in [-0.4, -0.2) is 25.2 Å². The molecule has 2 nitrogen and oxygen atoms in total. The summed E-state index contributed by atoms with van der Waals surface area (Å²) in [7, 11) is 0. The first-order chi connectivity index (χ1) is 5.49. The fraction of sp³-hybridized carbons (Fsp3) is 1.00. The third-order valence-electron chi connectivity index (χ3n) is 2.57. The summed E-state index contributed by atoms with van der Waals surface area (Å²) < 4.78 is 0. The molecule has 1 heterocycles. The molecule has 1 aliphatic rings. The molecule has 0 amide bonds. The number of rotatable bonds is 2. The van der Waals surface area contributed by atoms with Crippen LogP contribution < -0.4 is 10.6 Å². The fourth-order valence-electron chi connectivity index (χ4n) is 1.57. The minimum absolute atomic E-state index is 0.266. The Hall–Kier alpha value is -0.0800. The van der Waals surface area contributed by atoms with E-state index >= 15 is 0 Å². The average molecular weight is 170 g/mol. The molecule has 0 aromatic carbocycles. The van der Waals surface area contributed by atoms with Gasteiger partial charge in [0.15, 0.2) is 0 Å². The quantitative estimate of drug-likeness (QED) is 0.651. The van der Waals surface area contributed by atoms with Gasteiger partial charge in [0.25, 0.3) is 0 Å². The second-order valence-corrected chi connectivity index (χ2v) is 5.03.